The molecule has 1 amide bonds. The Hall–Kier alpha value is -1.21. The Labute approximate surface area is 122 Å². The molecule has 0 radical (unpaired) electrons. The van der Waals surface area contributed by atoms with E-state index in [1.54, 1.807) is 7.05 Å². The average molecular weight is 342 g/mol. The van der Waals surface area contributed by atoms with Crippen LogP contribution in [0.2, 0.25) is 0 Å². The van der Waals surface area contributed by atoms with Crippen molar-refractivity contribution in [1.29, 1.82) is 0 Å². The van der Waals surface area contributed by atoms with E-state index in [1.165, 1.54) is 11.3 Å². The summed E-state index contributed by atoms with van der Waals surface area (Å²) in [5.74, 6) is 0.930. The van der Waals surface area contributed by atoms with Gasteiger partial charge in [-0.05, 0) is 34.8 Å². The van der Waals surface area contributed by atoms with Gasteiger partial charge in [0.1, 0.15) is 5.41 Å². The monoisotopic (exact) mass is 341 g/mol. The Morgan fingerprint density at radius 1 is 1.58 bits per heavy atom. The number of hydrogen-bond donors (Lipinski definition) is 1. The molecule has 7 heteroatoms. The zero-order valence-electron chi connectivity index (χ0n) is 10.3. The molecule has 2 aromatic heterocycles. The van der Waals surface area contributed by atoms with Gasteiger partial charge in [0, 0.05) is 16.9 Å². The normalized spacial score (nSPS) is 16.9. The van der Waals surface area contributed by atoms with Crippen LogP contribution in [0.5, 0.6) is 0 Å². The standard InChI is InChI=1S/C12H12BrN3O2S/c1-14-10(17)12(3-2-4-12)11-15-9(16-18-11)8-5-7(13)6-19-8/h5-6H,2-4H2,1H3,(H,14,17). The smallest absolute Gasteiger partial charge is 0.242 e. The first kappa shape index (κ1) is 12.8. The molecule has 1 saturated carbocycles. The van der Waals surface area contributed by atoms with Gasteiger partial charge >= 0.3 is 0 Å². The zero-order valence-corrected chi connectivity index (χ0v) is 12.7. The minimum absolute atomic E-state index is 0.0405. The van der Waals surface area contributed by atoms with Gasteiger partial charge in [0.2, 0.25) is 17.6 Å². The van der Waals surface area contributed by atoms with Gasteiger partial charge in [-0.25, -0.2) is 0 Å². The van der Waals surface area contributed by atoms with Crippen LogP contribution < -0.4 is 5.32 Å². The molecular formula is C12H12BrN3O2S. The van der Waals surface area contributed by atoms with E-state index in [2.05, 4.69) is 31.4 Å². The zero-order chi connectivity index (χ0) is 13.5. The average Bonchev–Trinajstić information content (AvgIpc) is 2.96. The highest BCUT2D eigenvalue weighted by Crippen LogP contribution is 2.43. The fourth-order valence-corrected chi connectivity index (χ4v) is 3.61. The van der Waals surface area contributed by atoms with Gasteiger partial charge in [-0.3, -0.25) is 4.79 Å². The van der Waals surface area contributed by atoms with Gasteiger partial charge in [-0.1, -0.05) is 11.6 Å². The molecule has 2 heterocycles. The van der Waals surface area contributed by atoms with Crippen LogP contribution in [0, 0.1) is 0 Å². The number of nitrogens with zero attached hydrogens (tertiary/aromatic N) is 2. The van der Waals surface area contributed by atoms with Crippen molar-refractivity contribution in [3.8, 4) is 10.7 Å². The maximum absolute atomic E-state index is 12.0. The largest absolute Gasteiger partial charge is 0.358 e. The van der Waals surface area contributed by atoms with Crippen LogP contribution in [0.4, 0.5) is 0 Å². The van der Waals surface area contributed by atoms with Gasteiger partial charge in [0.05, 0.1) is 4.88 Å². The van der Waals surface area contributed by atoms with E-state index in [1.807, 2.05) is 11.4 Å². The molecule has 0 spiro atoms. The van der Waals surface area contributed by atoms with Crippen molar-refractivity contribution >= 4 is 33.2 Å². The number of nitrogens with one attached hydrogen (secondary N) is 1. The highest BCUT2D eigenvalue weighted by molar-refractivity contribution is 9.10. The summed E-state index contributed by atoms with van der Waals surface area (Å²) in [6.07, 6.45) is 2.54. The van der Waals surface area contributed by atoms with Crippen molar-refractivity contribution in [3.63, 3.8) is 0 Å². The molecule has 1 N–H and O–H groups in total. The first-order chi connectivity index (χ1) is 9.15. The van der Waals surface area contributed by atoms with Crippen LogP contribution in [0.25, 0.3) is 10.7 Å². The maximum atomic E-state index is 12.0. The van der Waals surface area contributed by atoms with Crippen molar-refractivity contribution in [1.82, 2.24) is 15.5 Å². The molecule has 0 saturated heterocycles. The molecule has 100 valence electrons. The number of carbonyl (C=O) groups is 1. The minimum atomic E-state index is -0.617. The summed E-state index contributed by atoms with van der Waals surface area (Å²) in [7, 11) is 1.63. The lowest BCUT2D eigenvalue weighted by Gasteiger charge is -2.35. The molecule has 0 unspecified atom stereocenters. The van der Waals surface area contributed by atoms with Gasteiger partial charge in [0.25, 0.3) is 0 Å². The molecule has 0 aromatic carbocycles. The van der Waals surface area contributed by atoms with Crippen LogP contribution in [0.1, 0.15) is 25.2 Å². The second-order valence-electron chi connectivity index (χ2n) is 4.57. The third kappa shape index (κ3) is 2.01. The van der Waals surface area contributed by atoms with Crippen molar-refractivity contribution in [2.45, 2.75) is 24.7 Å². The topological polar surface area (TPSA) is 68.0 Å². The van der Waals surface area contributed by atoms with Crippen molar-refractivity contribution in [2.75, 3.05) is 7.05 Å². The molecule has 0 atom stereocenters. The third-order valence-electron chi connectivity index (χ3n) is 3.49. The van der Waals surface area contributed by atoms with Crippen LogP contribution >= 0.6 is 27.3 Å². The summed E-state index contributed by atoms with van der Waals surface area (Å²) in [4.78, 5) is 17.4. The van der Waals surface area contributed by atoms with Gasteiger partial charge in [-0.15, -0.1) is 11.3 Å². The second-order valence-corrected chi connectivity index (χ2v) is 6.39. The second kappa shape index (κ2) is 4.72. The Kier molecular flexibility index (Phi) is 3.18. The number of amides is 1. The highest BCUT2D eigenvalue weighted by Gasteiger charge is 2.50. The molecule has 1 fully saturated rings. The van der Waals surface area contributed by atoms with E-state index in [0.29, 0.717) is 11.7 Å². The molecule has 0 aliphatic heterocycles. The van der Waals surface area contributed by atoms with E-state index < -0.39 is 5.41 Å². The SMILES string of the molecule is CNC(=O)C1(c2nc(-c3cc(Br)cs3)no2)CCC1. The van der Waals surface area contributed by atoms with E-state index >= 15 is 0 Å². The fraction of sp³-hybridized carbons (Fsp3) is 0.417. The highest BCUT2D eigenvalue weighted by atomic mass is 79.9. The number of rotatable bonds is 3. The Morgan fingerprint density at radius 2 is 2.37 bits per heavy atom. The van der Waals surface area contributed by atoms with E-state index in [-0.39, 0.29) is 5.91 Å². The number of hydrogen-bond acceptors (Lipinski definition) is 5. The Balaban J connectivity index is 1.94. The van der Waals surface area contributed by atoms with E-state index in [4.69, 9.17) is 4.52 Å². The molecule has 0 bridgehead atoms. The number of likely N-dealkylation sites (N-methyl/N-ethyl adjacent to an activating group) is 1. The Morgan fingerprint density at radius 3 is 2.89 bits per heavy atom. The predicted octanol–water partition coefficient (Wildman–Crippen LogP) is 2.73. The predicted molar refractivity (Wildman–Crippen MR) is 74.9 cm³/mol. The summed E-state index contributed by atoms with van der Waals surface area (Å²) in [5.41, 5.74) is -0.617. The number of thiophene rings is 1. The molecule has 19 heavy (non-hydrogen) atoms. The number of carbonyl (C=O) groups excluding carboxylic acids is 1. The van der Waals surface area contributed by atoms with Crippen molar-refractivity contribution < 1.29 is 9.32 Å². The van der Waals surface area contributed by atoms with Crippen LogP contribution in [-0.2, 0) is 10.2 Å². The lowest BCUT2D eigenvalue weighted by molar-refractivity contribution is -0.130. The molecular weight excluding hydrogens is 330 g/mol. The van der Waals surface area contributed by atoms with E-state index in [0.717, 1.165) is 28.6 Å². The summed E-state index contributed by atoms with van der Waals surface area (Å²) in [6.45, 7) is 0. The quantitative estimate of drug-likeness (QED) is 0.931. The lowest BCUT2D eigenvalue weighted by atomic mass is 9.68. The number of halogens is 1. The van der Waals surface area contributed by atoms with Gasteiger partial charge in [-0.2, -0.15) is 4.98 Å². The molecule has 1 aliphatic rings. The molecule has 5 nitrogen and oxygen atoms in total. The Bertz CT molecular complexity index is 618. The first-order valence-electron chi connectivity index (χ1n) is 5.96. The summed E-state index contributed by atoms with van der Waals surface area (Å²) >= 11 is 4.93. The fourth-order valence-electron chi connectivity index (χ4n) is 2.26. The molecule has 3 rings (SSSR count). The first-order valence-corrected chi connectivity index (χ1v) is 7.64. The maximum Gasteiger partial charge on any atom is 0.242 e. The van der Waals surface area contributed by atoms with E-state index in [9.17, 15) is 4.79 Å². The summed E-state index contributed by atoms with van der Waals surface area (Å²) in [6, 6.07) is 1.94. The van der Waals surface area contributed by atoms with Crippen molar-refractivity contribution in [3.05, 3.63) is 21.8 Å². The summed E-state index contributed by atoms with van der Waals surface area (Å²) in [5, 5.41) is 8.64. The lowest BCUT2D eigenvalue weighted by Crippen LogP contribution is -2.48. The number of aromatic nitrogens is 2. The van der Waals surface area contributed by atoms with Crippen LogP contribution in [0.15, 0.2) is 20.4 Å². The third-order valence-corrected chi connectivity index (χ3v) is 5.18. The van der Waals surface area contributed by atoms with Crippen LogP contribution in [-0.4, -0.2) is 23.1 Å². The van der Waals surface area contributed by atoms with Crippen LogP contribution in [0.3, 0.4) is 0 Å². The summed E-state index contributed by atoms with van der Waals surface area (Å²) < 4.78 is 6.32. The van der Waals surface area contributed by atoms with Crippen molar-refractivity contribution in [2.24, 2.45) is 0 Å². The minimum Gasteiger partial charge on any atom is -0.358 e. The molecule has 1 aliphatic carbocycles. The van der Waals surface area contributed by atoms with Gasteiger partial charge in [0.15, 0.2) is 0 Å². The van der Waals surface area contributed by atoms with Gasteiger partial charge < -0.3 is 9.84 Å². The molecule has 2 aromatic rings.